The maximum atomic E-state index is 12.7. The summed E-state index contributed by atoms with van der Waals surface area (Å²) in [5, 5.41) is 4.19. The van der Waals surface area contributed by atoms with Crippen molar-refractivity contribution in [3.63, 3.8) is 0 Å². The molecule has 5 nitrogen and oxygen atoms in total. The maximum Gasteiger partial charge on any atom is 0.310 e. The highest BCUT2D eigenvalue weighted by atomic mass is 16.6. The summed E-state index contributed by atoms with van der Waals surface area (Å²) in [5.41, 5.74) is 1.72. The van der Waals surface area contributed by atoms with Crippen LogP contribution in [0.3, 0.4) is 0 Å². The summed E-state index contributed by atoms with van der Waals surface area (Å²) in [4.78, 5) is 18.1. The number of carbonyl (C=O) groups is 1. The molecule has 0 aliphatic heterocycles. The van der Waals surface area contributed by atoms with Crippen LogP contribution in [0, 0.1) is 23.2 Å². The predicted molar refractivity (Wildman–Crippen MR) is 122 cm³/mol. The number of nitrogens with zero attached hydrogens (tertiary/aromatic N) is 1. The number of hydrogen-bond donors (Lipinski definition) is 0. The van der Waals surface area contributed by atoms with Gasteiger partial charge in [0, 0.05) is 0 Å². The summed E-state index contributed by atoms with van der Waals surface area (Å²) in [7, 11) is 0. The molecule has 1 fully saturated rings. The van der Waals surface area contributed by atoms with E-state index in [1.165, 1.54) is 0 Å². The van der Waals surface area contributed by atoms with Crippen LogP contribution in [-0.4, -0.2) is 18.3 Å². The minimum absolute atomic E-state index is 0.0931. The van der Waals surface area contributed by atoms with Gasteiger partial charge in [-0.2, -0.15) is 0 Å². The zero-order valence-corrected chi connectivity index (χ0v) is 19.1. The van der Waals surface area contributed by atoms with Crippen molar-refractivity contribution in [1.82, 2.24) is 0 Å². The van der Waals surface area contributed by atoms with Crippen molar-refractivity contribution in [2.45, 2.75) is 47.6 Å². The number of para-hydroxylation sites is 1. The summed E-state index contributed by atoms with van der Waals surface area (Å²) in [6.45, 7) is 11.2. The summed E-state index contributed by atoms with van der Waals surface area (Å²) in [5.74, 6) is 1.88. The second kappa shape index (κ2) is 9.99. The van der Waals surface area contributed by atoms with Gasteiger partial charge in [0.15, 0.2) is 0 Å². The first-order chi connectivity index (χ1) is 14.8. The number of benzene rings is 2. The number of hydrogen-bond acceptors (Lipinski definition) is 5. The molecule has 0 spiro atoms. The Labute approximate surface area is 185 Å². The molecule has 0 amide bonds. The van der Waals surface area contributed by atoms with Crippen molar-refractivity contribution in [2.24, 2.45) is 28.3 Å². The lowest BCUT2D eigenvalue weighted by Gasteiger charge is -2.09. The van der Waals surface area contributed by atoms with E-state index in [-0.39, 0.29) is 29.8 Å². The van der Waals surface area contributed by atoms with Gasteiger partial charge in [-0.3, -0.25) is 4.79 Å². The van der Waals surface area contributed by atoms with Gasteiger partial charge < -0.3 is 14.3 Å². The van der Waals surface area contributed by atoms with Crippen LogP contribution in [0.4, 0.5) is 0 Å². The van der Waals surface area contributed by atoms with Crippen molar-refractivity contribution >= 4 is 11.7 Å². The first kappa shape index (κ1) is 22.9. The minimum atomic E-state index is -0.153. The maximum absolute atomic E-state index is 12.7. The van der Waals surface area contributed by atoms with Crippen molar-refractivity contribution < 1.29 is 19.1 Å². The van der Waals surface area contributed by atoms with Crippen LogP contribution >= 0.6 is 0 Å². The SMILES string of the molecule is CC(C[C@H]1[C@@H](C(=O)OCc2cccc(Oc3ccccc3)c2)C1(C)C)=NOCC(C)C. The Bertz CT molecular complexity index is 905. The van der Waals surface area contributed by atoms with Crippen molar-refractivity contribution in [3.8, 4) is 11.5 Å². The number of esters is 1. The lowest BCUT2D eigenvalue weighted by molar-refractivity contribution is -0.147. The third kappa shape index (κ3) is 6.33. The van der Waals surface area contributed by atoms with E-state index in [0.717, 1.165) is 29.2 Å². The number of oxime groups is 1. The standard InChI is InChI=1S/C26H33NO4/c1-18(2)16-30-27-19(3)14-23-24(26(23,4)5)25(28)29-17-20-10-9-13-22(15-20)31-21-11-7-6-8-12-21/h6-13,15,18,23-24H,14,16-17H2,1-5H3/t23-,24-/m0/s1. The Hall–Kier alpha value is -2.82. The second-order valence-electron chi connectivity index (χ2n) is 9.30. The molecule has 166 valence electrons. The number of ether oxygens (including phenoxy) is 2. The van der Waals surface area contributed by atoms with Crippen LogP contribution in [0.5, 0.6) is 11.5 Å². The van der Waals surface area contributed by atoms with E-state index < -0.39 is 0 Å². The molecule has 2 atom stereocenters. The smallest absolute Gasteiger partial charge is 0.310 e. The molecule has 0 aromatic heterocycles. The lowest BCUT2D eigenvalue weighted by Crippen LogP contribution is -2.11. The molecular formula is C26H33NO4. The van der Waals surface area contributed by atoms with Gasteiger partial charge in [0.25, 0.3) is 0 Å². The van der Waals surface area contributed by atoms with Gasteiger partial charge in [0.05, 0.1) is 11.6 Å². The zero-order chi connectivity index (χ0) is 22.4. The first-order valence-corrected chi connectivity index (χ1v) is 10.9. The van der Waals surface area contributed by atoms with Gasteiger partial charge in [-0.1, -0.05) is 63.2 Å². The van der Waals surface area contributed by atoms with Gasteiger partial charge in [0.2, 0.25) is 0 Å². The highest BCUT2D eigenvalue weighted by Gasteiger charge is 2.62. The molecule has 3 rings (SSSR count). The molecule has 5 heteroatoms. The lowest BCUT2D eigenvalue weighted by atomic mass is 10.1. The topological polar surface area (TPSA) is 57.1 Å². The van der Waals surface area contributed by atoms with Crippen LogP contribution in [-0.2, 0) is 21.0 Å². The van der Waals surface area contributed by atoms with E-state index in [2.05, 4.69) is 32.9 Å². The summed E-state index contributed by atoms with van der Waals surface area (Å²) >= 11 is 0. The van der Waals surface area contributed by atoms with Gasteiger partial charge in [-0.15, -0.1) is 0 Å². The van der Waals surface area contributed by atoms with Crippen LogP contribution in [0.25, 0.3) is 0 Å². The molecule has 2 aromatic rings. The van der Waals surface area contributed by atoms with Crippen molar-refractivity contribution in [3.05, 3.63) is 60.2 Å². The molecule has 1 aliphatic rings. The molecule has 2 aromatic carbocycles. The molecule has 0 heterocycles. The summed E-state index contributed by atoms with van der Waals surface area (Å²) < 4.78 is 11.5. The second-order valence-corrected chi connectivity index (χ2v) is 9.30. The fourth-order valence-electron chi connectivity index (χ4n) is 3.81. The molecule has 0 saturated heterocycles. The third-order valence-corrected chi connectivity index (χ3v) is 5.71. The van der Waals surface area contributed by atoms with Gasteiger partial charge in [-0.05, 0) is 60.4 Å². The molecule has 0 radical (unpaired) electrons. The fraction of sp³-hybridized carbons (Fsp3) is 0.462. The van der Waals surface area contributed by atoms with E-state index in [1.54, 1.807) is 0 Å². The average Bonchev–Trinajstić information content (AvgIpc) is 3.26. The van der Waals surface area contributed by atoms with Crippen molar-refractivity contribution in [2.75, 3.05) is 6.61 Å². The number of rotatable bonds is 10. The Morgan fingerprint density at radius 2 is 1.77 bits per heavy atom. The van der Waals surface area contributed by atoms with Gasteiger partial charge in [-0.25, -0.2) is 0 Å². The van der Waals surface area contributed by atoms with Crippen LogP contribution in [0.15, 0.2) is 59.8 Å². The Morgan fingerprint density at radius 1 is 1.06 bits per heavy atom. The van der Waals surface area contributed by atoms with E-state index >= 15 is 0 Å². The molecule has 0 bridgehead atoms. The highest BCUT2D eigenvalue weighted by Crippen LogP contribution is 2.60. The molecular weight excluding hydrogens is 390 g/mol. The fourth-order valence-corrected chi connectivity index (χ4v) is 3.81. The number of carbonyl (C=O) groups excluding carboxylic acids is 1. The van der Waals surface area contributed by atoms with Crippen LogP contribution in [0.2, 0.25) is 0 Å². The Kier molecular flexibility index (Phi) is 7.37. The molecule has 0 unspecified atom stereocenters. The van der Waals surface area contributed by atoms with E-state index in [0.29, 0.717) is 12.5 Å². The van der Waals surface area contributed by atoms with Gasteiger partial charge >= 0.3 is 5.97 Å². The quantitative estimate of drug-likeness (QED) is 0.258. The Morgan fingerprint density at radius 3 is 2.48 bits per heavy atom. The van der Waals surface area contributed by atoms with E-state index in [4.69, 9.17) is 14.3 Å². The summed E-state index contributed by atoms with van der Waals surface area (Å²) in [6.07, 6.45) is 0.741. The van der Waals surface area contributed by atoms with E-state index in [9.17, 15) is 4.79 Å². The van der Waals surface area contributed by atoms with Crippen LogP contribution < -0.4 is 4.74 Å². The summed E-state index contributed by atoms with van der Waals surface area (Å²) in [6, 6.07) is 17.2. The monoisotopic (exact) mass is 423 g/mol. The normalized spacial score (nSPS) is 19.7. The minimum Gasteiger partial charge on any atom is -0.461 e. The molecule has 1 saturated carbocycles. The van der Waals surface area contributed by atoms with E-state index in [1.807, 2.05) is 61.5 Å². The van der Waals surface area contributed by atoms with Crippen molar-refractivity contribution in [1.29, 1.82) is 0 Å². The third-order valence-electron chi connectivity index (χ3n) is 5.71. The predicted octanol–water partition coefficient (Wildman–Crippen LogP) is 6.23. The first-order valence-electron chi connectivity index (χ1n) is 10.9. The van der Waals surface area contributed by atoms with Gasteiger partial charge in [0.1, 0.15) is 24.7 Å². The highest BCUT2D eigenvalue weighted by molar-refractivity contribution is 5.85. The molecule has 31 heavy (non-hydrogen) atoms. The molecule has 1 aliphatic carbocycles. The zero-order valence-electron chi connectivity index (χ0n) is 19.1. The average molecular weight is 424 g/mol. The van der Waals surface area contributed by atoms with Crippen LogP contribution in [0.1, 0.15) is 46.6 Å². The Balaban J connectivity index is 1.52. The largest absolute Gasteiger partial charge is 0.461 e. The molecule has 0 N–H and O–H groups in total.